The van der Waals surface area contributed by atoms with Crippen LogP contribution >= 0.6 is 34.2 Å². The van der Waals surface area contributed by atoms with Crippen LogP contribution in [0.3, 0.4) is 0 Å². The van der Waals surface area contributed by atoms with Crippen molar-refractivity contribution in [1.29, 1.82) is 0 Å². The number of hydrogen-bond donors (Lipinski definition) is 0. The van der Waals surface area contributed by atoms with Gasteiger partial charge in [0.1, 0.15) is 0 Å². The number of nitrogens with zero attached hydrogens (tertiary/aromatic N) is 2. The molecule has 0 bridgehead atoms. The van der Waals surface area contributed by atoms with Crippen LogP contribution in [0.1, 0.15) is 13.3 Å². The Labute approximate surface area is 89.6 Å². The first kappa shape index (κ1) is 9.98. The molecule has 0 spiro atoms. The van der Waals surface area contributed by atoms with Crippen molar-refractivity contribution in [2.45, 2.75) is 13.3 Å². The van der Waals surface area contributed by atoms with Crippen LogP contribution in [0.2, 0.25) is 5.28 Å². The molecule has 1 aromatic heterocycles. The molecule has 0 aliphatic heterocycles. The summed E-state index contributed by atoms with van der Waals surface area (Å²) in [7, 11) is 0. The highest BCUT2D eigenvalue weighted by Gasteiger charge is 2.03. The predicted octanol–water partition coefficient (Wildman–Crippen LogP) is 2.52. The van der Waals surface area contributed by atoms with Crippen LogP contribution in [0.25, 0.3) is 0 Å². The topological polar surface area (TPSA) is 35.0 Å². The van der Waals surface area contributed by atoms with E-state index in [1.165, 1.54) is 0 Å². The molecule has 0 saturated carbocycles. The predicted molar refractivity (Wildman–Crippen MR) is 55.5 cm³/mol. The first-order chi connectivity index (χ1) is 5.74. The molecule has 3 nitrogen and oxygen atoms in total. The molecule has 0 fully saturated rings. The van der Waals surface area contributed by atoms with E-state index in [0.717, 1.165) is 9.99 Å². The highest BCUT2D eigenvalue weighted by molar-refractivity contribution is 14.1. The van der Waals surface area contributed by atoms with Gasteiger partial charge in [0, 0.05) is 6.20 Å². The maximum atomic E-state index is 5.59. The quantitative estimate of drug-likeness (QED) is 0.635. The molecule has 0 atom stereocenters. The summed E-state index contributed by atoms with van der Waals surface area (Å²) in [5.41, 5.74) is 0. The second-order valence-corrected chi connectivity index (χ2v) is 3.64. The van der Waals surface area contributed by atoms with Gasteiger partial charge in [-0.1, -0.05) is 6.92 Å². The first-order valence-corrected chi connectivity index (χ1v) is 5.00. The lowest BCUT2D eigenvalue weighted by Crippen LogP contribution is -2.00. The highest BCUT2D eigenvalue weighted by atomic mass is 127. The maximum absolute atomic E-state index is 5.59. The summed E-state index contributed by atoms with van der Waals surface area (Å²) in [4.78, 5) is 7.75. The van der Waals surface area contributed by atoms with Gasteiger partial charge in [0.25, 0.3) is 0 Å². The van der Waals surface area contributed by atoms with E-state index in [0.29, 0.717) is 12.5 Å². The Morgan fingerprint density at radius 2 is 2.42 bits per heavy atom. The molecule has 0 radical (unpaired) electrons. The third kappa shape index (κ3) is 2.75. The summed E-state index contributed by atoms with van der Waals surface area (Å²) in [6.45, 7) is 2.69. The lowest BCUT2D eigenvalue weighted by atomic mass is 10.5. The maximum Gasteiger partial charge on any atom is 0.231 e. The Bertz CT molecular complexity index is 270. The number of hydrogen-bond acceptors (Lipinski definition) is 3. The Morgan fingerprint density at radius 1 is 1.67 bits per heavy atom. The van der Waals surface area contributed by atoms with E-state index in [4.69, 9.17) is 16.3 Å². The summed E-state index contributed by atoms with van der Waals surface area (Å²) in [6, 6.07) is 0. The minimum Gasteiger partial charge on any atom is -0.477 e. The largest absolute Gasteiger partial charge is 0.477 e. The SMILES string of the molecule is CCCOc1nc(Cl)ncc1I. The van der Waals surface area contributed by atoms with E-state index in [9.17, 15) is 0 Å². The number of ether oxygens (including phenoxy) is 1. The summed E-state index contributed by atoms with van der Waals surface area (Å²) in [5.74, 6) is 0.567. The Hall–Kier alpha value is -0.100. The smallest absolute Gasteiger partial charge is 0.231 e. The third-order valence-corrected chi connectivity index (χ3v) is 2.05. The average Bonchev–Trinajstić information content (AvgIpc) is 2.07. The molecule has 0 unspecified atom stereocenters. The van der Waals surface area contributed by atoms with Crippen molar-refractivity contribution in [2.24, 2.45) is 0 Å². The molecule has 0 aromatic carbocycles. The first-order valence-electron chi connectivity index (χ1n) is 3.55. The van der Waals surface area contributed by atoms with Crippen molar-refractivity contribution in [3.63, 3.8) is 0 Å². The molecule has 1 heterocycles. The number of rotatable bonds is 3. The molecule has 0 N–H and O–H groups in total. The molecule has 0 aliphatic carbocycles. The van der Waals surface area contributed by atoms with Crippen LogP contribution in [0.15, 0.2) is 6.20 Å². The standard InChI is InChI=1S/C7H8ClIN2O/c1-2-3-12-6-5(9)4-10-7(8)11-6/h4H,2-3H2,1H3. The van der Waals surface area contributed by atoms with E-state index in [1.54, 1.807) is 6.20 Å². The van der Waals surface area contributed by atoms with Gasteiger partial charge in [0.05, 0.1) is 10.2 Å². The molecule has 1 rings (SSSR count). The van der Waals surface area contributed by atoms with Gasteiger partial charge in [-0.25, -0.2) is 4.98 Å². The molecule has 0 amide bonds. The normalized spacial score (nSPS) is 9.92. The molecule has 66 valence electrons. The van der Waals surface area contributed by atoms with E-state index in [-0.39, 0.29) is 5.28 Å². The van der Waals surface area contributed by atoms with Gasteiger partial charge in [0.2, 0.25) is 11.2 Å². The lowest BCUT2D eigenvalue weighted by Gasteiger charge is -2.04. The van der Waals surface area contributed by atoms with Crippen molar-refractivity contribution in [1.82, 2.24) is 9.97 Å². The van der Waals surface area contributed by atoms with Gasteiger partial charge in [-0.3, -0.25) is 0 Å². The van der Waals surface area contributed by atoms with E-state index in [2.05, 4.69) is 32.6 Å². The van der Waals surface area contributed by atoms with Crippen molar-refractivity contribution in [2.75, 3.05) is 6.61 Å². The summed E-state index contributed by atoms with van der Waals surface area (Å²) in [5, 5.41) is 0.224. The minimum absolute atomic E-state index is 0.224. The summed E-state index contributed by atoms with van der Waals surface area (Å²) in [6.07, 6.45) is 2.60. The Kier molecular flexibility index (Phi) is 4.00. The second-order valence-electron chi connectivity index (χ2n) is 2.14. The minimum atomic E-state index is 0.224. The van der Waals surface area contributed by atoms with Crippen LogP contribution in [-0.4, -0.2) is 16.6 Å². The average molecular weight is 299 g/mol. The molecule has 0 aliphatic rings. The van der Waals surface area contributed by atoms with Crippen LogP contribution in [-0.2, 0) is 0 Å². The van der Waals surface area contributed by atoms with E-state index in [1.807, 2.05) is 6.92 Å². The molecular weight excluding hydrogens is 290 g/mol. The van der Waals surface area contributed by atoms with Crippen molar-refractivity contribution in [3.8, 4) is 5.88 Å². The monoisotopic (exact) mass is 298 g/mol. The van der Waals surface area contributed by atoms with E-state index < -0.39 is 0 Å². The third-order valence-electron chi connectivity index (χ3n) is 1.13. The van der Waals surface area contributed by atoms with Gasteiger partial charge in [-0.05, 0) is 40.6 Å². The molecule has 1 aromatic rings. The fourth-order valence-corrected chi connectivity index (χ4v) is 1.17. The molecule has 5 heteroatoms. The zero-order valence-corrected chi connectivity index (χ0v) is 9.46. The lowest BCUT2D eigenvalue weighted by molar-refractivity contribution is 0.302. The van der Waals surface area contributed by atoms with Crippen molar-refractivity contribution < 1.29 is 4.74 Å². The molecule has 0 saturated heterocycles. The van der Waals surface area contributed by atoms with Gasteiger partial charge in [0.15, 0.2) is 0 Å². The van der Waals surface area contributed by atoms with Crippen LogP contribution in [0.4, 0.5) is 0 Å². The van der Waals surface area contributed by atoms with Gasteiger partial charge in [-0.15, -0.1) is 0 Å². The fourth-order valence-electron chi connectivity index (χ4n) is 0.631. The second kappa shape index (κ2) is 4.81. The number of aromatic nitrogens is 2. The van der Waals surface area contributed by atoms with Gasteiger partial charge in [-0.2, -0.15) is 4.98 Å². The van der Waals surface area contributed by atoms with Crippen LogP contribution < -0.4 is 4.74 Å². The van der Waals surface area contributed by atoms with Gasteiger partial charge >= 0.3 is 0 Å². The zero-order valence-electron chi connectivity index (χ0n) is 6.55. The Balaban J connectivity index is 2.75. The Morgan fingerprint density at radius 3 is 3.08 bits per heavy atom. The summed E-state index contributed by atoms with van der Waals surface area (Å²) < 4.78 is 6.20. The highest BCUT2D eigenvalue weighted by Crippen LogP contribution is 2.18. The fraction of sp³-hybridized carbons (Fsp3) is 0.429. The van der Waals surface area contributed by atoms with Crippen LogP contribution in [0.5, 0.6) is 5.88 Å². The van der Waals surface area contributed by atoms with Crippen molar-refractivity contribution in [3.05, 3.63) is 15.1 Å². The van der Waals surface area contributed by atoms with Crippen molar-refractivity contribution >= 4 is 34.2 Å². The van der Waals surface area contributed by atoms with Crippen LogP contribution in [0, 0.1) is 3.57 Å². The summed E-state index contributed by atoms with van der Waals surface area (Å²) >= 11 is 7.70. The van der Waals surface area contributed by atoms with Gasteiger partial charge < -0.3 is 4.74 Å². The molecular formula is C7H8ClIN2O. The van der Waals surface area contributed by atoms with E-state index >= 15 is 0 Å². The molecule has 12 heavy (non-hydrogen) atoms. The zero-order chi connectivity index (χ0) is 8.97. The number of halogens is 2.